The zero-order chi connectivity index (χ0) is 15.6. The lowest BCUT2D eigenvalue weighted by Gasteiger charge is -2.10. The number of ether oxygens (including phenoxy) is 1. The number of aromatic nitrogens is 2. The number of hydrogen-bond donors (Lipinski definition) is 0. The number of benzene rings is 1. The third-order valence-electron chi connectivity index (χ3n) is 3.20. The molecule has 7 heteroatoms. The first-order valence-corrected chi connectivity index (χ1v) is 7.33. The van der Waals surface area contributed by atoms with E-state index < -0.39 is 4.92 Å². The molecule has 1 aromatic heterocycles. The van der Waals surface area contributed by atoms with Crippen molar-refractivity contribution in [2.24, 2.45) is 0 Å². The van der Waals surface area contributed by atoms with E-state index in [2.05, 4.69) is 21.0 Å². The van der Waals surface area contributed by atoms with Gasteiger partial charge in [0.25, 0.3) is 5.69 Å². The lowest BCUT2D eigenvalue weighted by atomic mass is 10.2. The molecule has 112 valence electrons. The average Bonchev–Trinajstić information content (AvgIpc) is 2.73. The Hall–Kier alpha value is -1.89. The Morgan fingerprint density at radius 2 is 2.14 bits per heavy atom. The Kier molecular flexibility index (Phi) is 4.62. The Balaban J connectivity index is 2.24. The smallest absolute Gasteiger partial charge is 0.273 e. The molecule has 21 heavy (non-hydrogen) atoms. The van der Waals surface area contributed by atoms with Crippen LogP contribution in [0.1, 0.15) is 23.9 Å². The van der Waals surface area contributed by atoms with Gasteiger partial charge >= 0.3 is 0 Å². The summed E-state index contributed by atoms with van der Waals surface area (Å²) in [7, 11) is 0. The van der Waals surface area contributed by atoms with Gasteiger partial charge in [-0.15, -0.1) is 0 Å². The van der Waals surface area contributed by atoms with Crippen molar-refractivity contribution in [1.29, 1.82) is 0 Å². The fourth-order valence-electron chi connectivity index (χ4n) is 2.01. The summed E-state index contributed by atoms with van der Waals surface area (Å²) in [6, 6.07) is 4.60. The molecule has 0 unspecified atom stereocenters. The van der Waals surface area contributed by atoms with E-state index in [-0.39, 0.29) is 5.69 Å². The van der Waals surface area contributed by atoms with E-state index in [1.807, 2.05) is 25.5 Å². The van der Waals surface area contributed by atoms with Crippen LogP contribution in [0.2, 0.25) is 0 Å². The molecular formula is C14H16BrN3O3. The molecule has 0 aliphatic carbocycles. The number of halogens is 1. The highest BCUT2D eigenvalue weighted by Crippen LogP contribution is 2.27. The zero-order valence-electron chi connectivity index (χ0n) is 12.1. The van der Waals surface area contributed by atoms with Gasteiger partial charge in [0.05, 0.1) is 26.9 Å². The third kappa shape index (κ3) is 3.24. The molecule has 2 aromatic rings. The molecule has 0 aliphatic heterocycles. The highest BCUT2D eigenvalue weighted by Gasteiger charge is 2.14. The highest BCUT2D eigenvalue weighted by atomic mass is 79.9. The Bertz CT molecular complexity index is 682. The van der Waals surface area contributed by atoms with E-state index in [9.17, 15) is 10.1 Å². The highest BCUT2D eigenvalue weighted by molar-refractivity contribution is 9.10. The van der Waals surface area contributed by atoms with Crippen LogP contribution in [-0.2, 0) is 13.2 Å². The maximum Gasteiger partial charge on any atom is 0.273 e. The molecule has 0 atom stereocenters. The molecule has 0 bridgehead atoms. The van der Waals surface area contributed by atoms with Crippen molar-refractivity contribution >= 4 is 21.6 Å². The first kappa shape index (κ1) is 15.5. The quantitative estimate of drug-likeness (QED) is 0.605. The van der Waals surface area contributed by atoms with Gasteiger partial charge in [0.2, 0.25) is 0 Å². The zero-order valence-corrected chi connectivity index (χ0v) is 13.7. The summed E-state index contributed by atoms with van der Waals surface area (Å²) in [6.07, 6.45) is 0. The van der Waals surface area contributed by atoms with Crippen molar-refractivity contribution in [2.45, 2.75) is 33.9 Å². The maximum absolute atomic E-state index is 10.8. The van der Waals surface area contributed by atoms with Gasteiger partial charge < -0.3 is 4.74 Å². The van der Waals surface area contributed by atoms with Crippen molar-refractivity contribution in [3.63, 3.8) is 0 Å². The van der Waals surface area contributed by atoms with Gasteiger partial charge in [-0.25, -0.2) is 0 Å². The van der Waals surface area contributed by atoms with Gasteiger partial charge in [-0.2, -0.15) is 5.10 Å². The topological polar surface area (TPSA) is 70.2 Å². The number of nitrogens with zero attached hydrogens (tertiary/aromatic N) is 3. The van der Waals surface area contributed by atoms with Gasteiger partial charge in [0.1, 0.15) is 12.4 Å². The number of rotatable bonds is 5. The second-order valence-corrected chi connectivity index (χ2v) is 5.45. The van der Waals surface area contributed by atoms with Crippen molar-refractivity contribution in [3.05, 3.63) is 49.7 Å². The molecule has 2 rings (SSSR count). The van der Waals surface area contributed by atoms with Crippen LogP contribution >= 0.6 is 15.9 Å². The summed E-state index contributed by atoms with van der Waals surface area (Å²) < 4.78 is 8.52. The summed E-state index contributed by atoms with van der Waals surface area (Å²) >= 11 is 3.50. The van der Waals surface area contributed by atoms with Crippen LogP contribution in [0.5, 0.6) is 5.75 Å². The molecule has 0 fully saturated rings. The van der Waals surface area contributed by atoms with E-state index in [0.29, 0.717) is 12.4 Å². The van der Waals surface area contributed by atoms with Crippen LogP contribution in [0, 0.1) is 24.0 Å². The number of hydrogen-bond acceptors (Lipinski definition) is 4. The number of nitro benzene ring substituents is 1. The minimum absolute atomic E-state index is 0.0230. The van der Waals surface area contributed by atoms with E-state index in [4.69, 9.17) is 4.74 Å². The van der Waals surface area contributed by atoms with Crippen LogP contribution in [0.25, 0.3) is 0 Å². The lowest BCUT2D eigenvalue weighted by Crippen LogP contribution is -2.07. The van der Waals surface area contributed by atoms with Gasteiger partial charge in [-0.3, -0.25) is 14.8 Å². The van der Waals surface area contributed by atoms with Crippen LogP contribution in [0.3, 0.4) is 0 Å². The molecule has 1 aromatic carbocycles. The molecule has 0 spiro atoms. The predicted molar refractivity (Wildman–Crippen MR) is 82.5 cm³/mol. The Labute approximate surface area is 131 Å². The normalized spacial score (nSPS) is 10.7. The van der Waals surface area contributed by atoms with E-state index in [0.717, 1.165) is 28.0 Å². The minimum atomic E-state index is -0.428. The Morgan fingerprint density at radius 3 is 2.76 bits per heavy atom. The van der Waals surface area contributed by atoms with Gasteiger partial charge in [-0.1, -0.05) is 0 Å². The molecule has 1 heterocycles. The second kappa shape index (κ2) is 6.26. The van der Waals surface area contributed by atoms with E-state index in [1.165, 1.54) is 12.1 Å². The van der Waals surface area contributed by atoms with E-state index in [1.54, 1.807) is 6.07 Å². The number of aryl methyl sites for hydroxylation is 3. The maximum atomic E-state index is 10.8. The van der Waals surface area contributed by atoms with Crippen LogP contribution in [0.15, 0.2) is 22.7 Å². The molecule has 0 radical (unpaired) electrons. The first-order valence-electron chi connectivity index (χ1n) is 6.53. The third-order valence-corrected chi connectivity index (χ3v) is 4.23. The fourth-order valence-corrected chi connectivity index (χ4v) is 2.41. The minimum Gasteiger partial charge on any atom is -0.487 e. The lowest BCUT2D eigenvalue weighted by molar-refractivity contribution is -0.385. The SMILES string of the molecule is CCn1nc(C)c(Br)c1COc1cc([N+](=O)[O-])ccc1C. The van der Waals surface area contributed by atoms with Gasteiger partial charge in [0.15, 0.2) is 0 Å². The standard InChI is InChI=1S/C14H16BrN3O3/c1-4-17-12(14(15)10(3)16-17)8-21-13-7-11(18(19)20)6-5-9(13)2/h5-7H,4,8H2,1-3H3. The largest absolute Gasteiger partial charge is 0.487 e. The van der Waals surface area contributed by atoms with Crippen molar-refractivity contribution in [1.82, 2.24) is 9.78 Å². The first-order chi connectivity index (χ1) is 9.93. The van der Waals surface area contributed by atoms with E-state index >= 15 is 0 Å². The molecule has 0 saturated heterocycles. The molecule has 0 amide bonds. The van der Waals surface area contributed by atoms with Crippen molar-refractivity contribution < 1.29 is 9.66 Å². The summed E-state index contributed by atoms with van der Waals surface area (Å²) in [5.74, 6) is 0.512. The number of nitro groups is 1. The summed E-state index contributed by atoms with van der Waals surface area (Å²) in [5.41, 5.74) is 2.69. The Morgan fingerprint density at radius 1 is 1.43 bits per heavy atom. The average molecular weight is 354 g/mol. The second-order valence-electron chi connectivity index (χ2n) is 4.66. The van der Waals surface area contributed by atoms with Crippen LogP contribution in [-0.4, -0.2) is 14.7 Å². The summed E-state index contributed by atoms with van der Waals surface area (Å²) in [4.78, 5) is 10.4. The predicted octanol–water partition coefficient (Wildman–Crippen LogP) is 3.77. The number of non-ortho nitro benzene ring substituents is 1. The fraction of sp³-hybridized carbons (Fsp3) is 0.357. The summed E-state index contributed by atoms with van der Waals surface area (Å²) in [5, 5.41) is 15.2. The molecule has 0 saturated carbocycles. The van der Waals surface area contributed by atoms with Gasteiger partial charge in [0, 0.05) is 12.6 Å². The summed E-state index contributed by atoms with van der Waals surface area (Å²) in [6.45, 7) is 6.81. The molecule has 6 nitrogen and oxygen atoms in total. The van der Waals surface area contributed by atoms with Crippen LogP contribution < -0.4 is 4.74 Å². The molecule has 0 N–H and O–H groups in total. The molecule has 0 aliphatic rings. The van der Waals surface area contributed by atoms with Crippen molar-refractivity contribution in [3.8, 4) is 5.75 Å². The monoisotopic (exact) mass is 353 g/mol. The van der Waals surface area contributed by atoms with Crippen LogP contribution in [0.4, 0.5) is 5.69 Å². The van der Waals surface area contributed by atoms with Gasteiger partial charge in [-0.05, 0) is 48.3 Å². The molecular weight excluding hydrogens is 338 g/mol. The van der Waals surface area contributed by atoms with Crippen molar-refractivity contribution in [2.75, 3.05) is 0 Å².